The highest BCUT2D eigenvalue weighted by Gasteiger charge is 2.14. The molecule has 1 aromatic carbocycles. The summed E-state index contributed by atoms with van der Waals surface area (Å²) in [5, 5.41) is 2.81. The smallest absolute Gasteiger partial charge is 0.243 e. The van der Waals surface area contributed by atoms with Crippen molar-refractivity contribution in [3.8, 4) is 0 Å². The standard InChI is InChI=1S/C15H20N2O/c1-2-15(18)16-9-5-10-17-11-8-13-6-3-4-7-14(13)12-17/h2-4,6-7H,1,5,8-12H2,(H,16,18). The van der Waals surface area contributed by atoms with Crippen LogP contribution in [0.25, 0.3) is 0 Å². The average molecular weight is 244 g/mol. The first kappa shape index (κ1) is 12.8. The van der Waals surface area contributed by atoms with Gasteiger partial charge in [0.25, 0.3) is 0 Å². The highest BCUT2D eigenvalue weighted by atomic mass is 16.1. The molecule has 0 spiro atoms. The van der Waals surface area contributed by atoms with E-state index in [1.54, 1.807) is 0 Å². The van der Waals surface area contributed by atoms with Crippen LogP contribution in [-0.2, 0) is 17.8 Å². The van der Waals surface area contributed by atoms with Crippen LogP contribution in [0.15, 0.2) is 36.9 Å². The van der Waals surface area contributed by atoms with Gasteiger partial charge in [0.2, 0.25) is 5.91 Å². The van der Waals surface area contributed by atoms with Crippen LogP contribution in [0.4, 0.5) is 0 Å². The zero-order valence-corrected chi connectivity index (χ0v) is 10.7. The van der Waals surface area contributed by atoms with Crippen molar-refractivity contribution in [1.29, 1.82) is 0 Å². The van der Waals surface area contributed by atoms with Crippen LogP contribution in [0, 0.1) is 0 Å². The Hall–Kier alpha value is -1.61. The number of nitrogens with one attached hydrogen (secondary N) is 1. The normalized spacial score (nSPS) is 14.9. The van der Waals surface area contributed by atoms with Gasteiger partial charge >= 0.3 is 0 Å². The fourth-order valence-corrected chi connectivity index (χ4v) is 2.33. The summed E-state index contributed by atoms with van der Waals surface area (Å²) in [6, 6.07) is 8.64. The zero-order valence-electron chi connectivity index (χ0n) is 10.7. The minimum absolute atomic E-state index is 0.0843. The largest absolute Gasteiger partial charge is 0.353 e. The maximum atomic E-state index is 11.0. The van der Waals surface area contributed by atoms with E-state index in [-0.39, 0.29) is 5.91 Å². The lowest BCUT2D eigenvalue weighted by Crippen LogP contribution is -2.33. The summed E-state index contributed by atoms with van der Waals surface area (Å²) in [6.07, 6.45) is 3.44. The van der Waals surface area contributed by atoms with E-state index in [0.717, 1.165) is 39.0 Å². The van der Waals surface area contributed by atoms with Crippen molar-refractivity contribution in [3.05, 3.63) is 48.0 Å². The molecule has 0 atom stereocenters. The number of hydrogen-bond acceptors (Lipinski definition) is 2. The molecule has 0 fully saturated rings. The molecule has 1 aliphatic rings. The highest BCUT2D eigenvalue weighted by Crippen LogP contribution is 2.18. The molecule has 1 N–H and O–H groups in total. The van der Waals surface area contributed by atoms with E-state index in [4.69, 9.17) is 0 Å². The molecule has 18 heavy (non-hydrogen) atoms. The van der Waals surface area contributed by atoms with E-state index in [1.165, 1.54) is 17.2 Å². The Bertz CT molecular complexity index is 428. The molecule has 0 saturated heterocycles. The van der Waals surface area contributed by atoms with Gasteiger partial charge in [-0.25, -0.2) is 0 Å². The Morgan fingerprint density at radius 2 is 2.17 bits per heavy atom. The molecule has 0 aliphatic carbocycles. The second-order valence-electron chi connectivity index (χ2n) is 4.64. The van der Waals surface area contributed by atoms with E-state index >= 15 is 0 Å². The third-order valence-electron chi connectivity index (χ3n) is 3.35. The van der Waals surface area contributed by atoms with Crippen LogP contribution in [0.3, 0.4) is 0 Å². The molecule has 3 nitrogen and oxygen atoms in total. The molecule has 96 valence electrons. The van der Waals surface area contributed by atoms with E-state index in [9.17, 15) is 4.79 Å². The van der Waals surface area contributed by atoms with Crippen molar-refractivity contribution in [3.63, 3.8) is 0 Å². The van der Waals surface area contributed by atoms with Gasteiger partial charge in [-0.05, 0) is 30.0 Å². The second-order valence-corrected chi connectivity index (χ2v) is 4.64. The number of amides is 1. The van der Waals surface area contributed by atoms with Crippen LogP contribution in [-0.4, -0.2) is 30.4 Å². The lowest BCUT2D eigenvalue weighted by atomic mass is 10.00. The molecule has 2 rings (SSSR count). The number of fused-ring (bicyclic) bond motifs is 1. The van der Waals surface area contributed by atoms with Crippen LogP contribution in [0.5, 0.6) is 0 Å². The molecule has 1 aromatic rings. The maximum Gasteiger partial charge on any atom is 0.243 e. The van der Waals surface area contributed by atoms with Gasteiger partial charge in [-0.2, -0.15) is 0 Å². The van der Waals surface area contributed by atoms with Crippen LogP contribution in [0.1, 0.15) is 17.5 Å². The Morgan fingerprint density at radius 3 is 2.94 bits per heavy atom. The van der Waals surface area contributed by atoms with Gasteiger partial charge in [0.05, 0.1) is 0 Å². The fraction of sp³-hybridized carbons (Fsp3) is 0.400. The van der Waals surface area contributed by atoms with Gasteiger partial charge in [-0.1, -0.05) is 30.8 Å². The van der Waals surface area contributed by atoms with Gasteiger partial charge in [0.1, 0.15) is 0 Å². The molecular formula is C15H20N2O. The first-order valence-electron chi connectivity index (χ1n) is 6.49. The fourth-order valence-electron chi connectivity index (χ4n) is 2.33. The Balaban J connectivity index is 1.73. The summed E-state index contributed by atoms with van der Waals surface area (Å²) in [5.74, 6) is -0.0843. The van der Waals surface area contributed by atoms with Gasteiger partial charge in [0.15, 0.2) is 0 Å². The highest BCUT2D eigenvalue weighted by molar-refractivity contribution is 5.86. The predicted molar refractivity (Wildman–Crippen MR) is 73.2 cm³/mol. The minimum atomic E-state index is -0.0843. The Labute approximate surface area is 108 Å². The molecule has 0 aromatic heterocycles. The van der Waals surface area contributed by atoms with Crippen LogP contribution >= 0.6 is 0 Å². The monoisotopic (exact) mass is 244 g/mol. The number of hydrogen-bond donors (Lipinski definition) is 1. The number of nitrogens with zero attached hydrogens (tertiary/aromatic N) is 1. The Morgan fingerprint density at radius 1 is 1.39 bits per heavy atom. The van der Waals surface area contributed by atoms with Gasteiger partial charge < -0.3 is 5.32 Å². The van der Waals surface area contributed by atoms with E-state index in [2.05, 4.69) is 41.1 Å². The Kier molecular flexibility index (Phi) is 4.53. The number of rotatable bonds is 5. The van der Waals surface area contributed by atoms with Crippen molar-refractivity contribution in [2.45, 2.75) is 19.4 Å². The van der Waals surface area contributed by atoms with Gasteiger partial charge in [-0.3, -0.25) is 9.69 Å². The summed E-state index contributed by atoms with van der Waals surface area (Å²) in [5.41, 5.74) is 2.92. The second kappa shape index (κ2) is 6.36. The van der Waals surface area contributed by atoms with E-state index < -0.39 is 0 Å². The third kappa shape index (κ3) is 3.44. The zero-order chi connectivity index (χ0) is 12.8. The predicted octanol–water partition coefficient (Wildman–Crippen LogP) is 1.74. The molecule has 0 radical (unpaired) electrons. The van der Waals surface area contributed by atoms with Crippen molar-refractivity contribution >= 4 is 5.91 Å². The molecular weight excluding hydrogens is 224 g/mol. The SMILES string of the molecule is C=CC(=O)NCCCN1CCc2ccccc2C1. The maximum absolute atomic E-state index is 11.0. The summed E-state index contributed by atoms with van der Waals surface area (Å²) in [4.78, 5) is 13.4. The van der Waals surface area contributed by atoms with Crippen LogP contribution in [0.2, 0.25) is 0 Å². The van der Waals surface area contributed by atoms with Crippen LogP contribution < -0.4 is 5.32 Å². The van der Waals surface area contributed by atoms with Gasteiger partial charge in [0, 0.05) is 26.2 Å². The number of benzene rings is 1. The van der Waals surface area contributed by atoms with E-state index in [1.807, 2.05) is 0 Å². The summed E-state index contributed by atoms with van der Waals surface area (Å²) >= 11 is 0. The number of carbonyl (C=O) groups excluding carboxylic acids is 1. The average Bonchev–Trinajstić information content (AvgIpc) is 2.43. The molecule has 1 amide bonds. The minimum Gasteiger partial charge on any atom is -0.353 e. The topological polar surface area (TPSA) is 32.3 Å². The molecule has 0 saturated carbocycles. The molecule has 1 heterocycles. The van der Waals surface area contributed by atoms with E-state index in [0.29, 0.717) is 0 Å². The van der Waals surface area contributed by atoms with Crippen molar-refractivity contribution in [1.82, 2.24) is 10.2 Å². The van der Waals surface area contributed by atoms with Crippen molar-refractivity contribution < 1.29 is 4.79 Å². The number of carbonyl (C=O) groups is 1. The lowest BCUT2D eigenvalue weighted by Gasteiger charge is -2.28. The summed E-state index contributed by atoms with van der Waals surface area (Å²) in [6.45, 7) is 7.34. The lowest BCUT2D eigenvalue weighted by molar-refractivity contribution is -0.116. The summed E-state index contributed by atoms with van der Waals surface area (Å²) < 4.78 is 0. The quantitative estimate of drug-likeness (QED) is 0.632. The molecule has 3 heteroatoms. The van der Waals surface area contributed by atoms with Crippen molar-refractivity contribution in [2.75, 3.05) is 19.6 Å². The third-order valence-corrected chi connectivity index (χ3v) is 3.35. The molecule has 1 aliphatic heterocycles. The first-order valence-corrected chi connectivity index (χ1v) is 6.49. The summed E-state index contributed by atoms with van der Waals surface area (Å²) in [7, 11) is 0. The molecule has 0 bridgehead atoms. The first-order chi connectivity index (χ1) is 8.79. The molecule has 0 unspecified atom stereocenters. The van der Waals surface area contributed by atoms with Crippen molar-refractivity contribution in [2.24, 2.45) is 0 Å². The van der Waals surface area contributed by atoms with Gasteiger partial charge in [-0.15, -0.1) is 0 Å².